The number of aromatic nitrogens is 1. The van der Waals surface area contributed by atoms with Gasteiger partial charge in [-0.15, -0.1) is 11.3 Å². The van der Waals surface area contributed by atoms with Gasteiger partial charge in [0.05, 0.1) is 7.11 Å². The number of methoxy groups -OCH3 is 1. The van der Waals surface area contributed by atoms with Crippen LogP contribution in [0.5, 0.6) is 0 Å². The van der Waals surface area contributed by atoms with Crippen LogP contribution in [0.4, 0.5) is 0 Å². The Morgan fingerprint density at radius 3 is 3.12 bits per heavy atom. The van der Waals surface area contributed by atoms with Crippen molar-refractivity contribution in [2.45, 2.75) is 18.2 Å². The molecule has 1 aromatic rings. The Morgan fingerprint density at radius 2 is 2.56 bits per heavy atom. The van der Waals surface area contributed by atoms with Crippen LogP contribution in [0.15, 0.2) is 6.20 Å². The molecule has 0 saturated carbocycles. The van der Waals surface area contributed by atoms with Crippen LogP contribution >= 0.6 is 34.7 Å². The molecule has 0 spiro atoms. The van der Waals surface area contributed by atoms with Crippen LogP contribution in [0.25, 0.3) is 0 Å². The topological polar surface area (TPSA) is 65.2 Å². The summed E-state index contributed by atoms with van der Waals surface area (Å²) in [6.07, 6.45) is 2.38. The highest BCUT2D eigenvalue weighted by atomic mass is 35.5. The average Bonchev–Trinajstić information content (AvgIpc) is 2.69. The molecule has 1 unspecified atom stereocenters. The Hall–Kier alpha value is -0.300. The van der Waals surface area contributed by atoms with Crippen LogP contribution in [-0.2, 0) is 15.3 Å². The van der Waals surface area contributed by atoms with Crippen molar-refractivity contribution in [3.8, 4) is 0 Å². The quantitative estimate of drug-likeness (QED) is 0.637. The molecule has 2 N–H and O–H groups in total. The van der Waals surface area contributed by atoms with Gasteiger partial charge >= 0.3 is 5.97 Å². The first-order chi connectivity index (χ1) is 7.63. The van der Waals surface area contributed by atoms with Crippen molar-refractivity contribution < 1.29 is 9.53 Å². The second kappa shape index (κ2) is 7.11. The Morgan fingerprint density at radius 1 is 1.81 bits per heavy atom. The van der Waals surface area contributed by atoms with Gasteiger partial charge in [0, 0.05) is 16.8 Å². The fraction of sp³-hybridized carbons (Fsp3) is 0.556. The summed E-state index contributed by atoms with van der Waals surface area (Å²) in [4.78, 5) is 16.1. The Kier molecular flexibility index (Phi) is 6.12. The maximum atomic E-state index is 11.0. The molecule has 0 saturated heterocycles. The van der Waals surface area contributed by atoms with Gasteiger partial charge in [0.1, 0.15) is 6.04 Å². The van der Waals surface area contributed by atoms with E-state index in [9.17, 15) is 4.79 Å². The van der Waals surface area contributed by atoms with Gasteiger partial charge in [0.15, 0.2) is 4.47 Å². The lowest BCUT2D eigenvalue weighted by Crippen LogP contribution is -2.31. The number of hydrogen-bond acceptors (Lipinski definition) is 6. The van der Waals surface area contributed by atoms with Gasteiger partial charge in [0.2, 0.25) is 0 Å². The highest BCUT2D eigenvalue weighted by molar-refractivity contribution is 7.98. The second-order valence-electron chi connectivity index (χ2n) is 3.05. The van der Waals surface area contributed by atoms with E-state index in [4.69, 9.17) is 17.3 Å². The first-order valence-corrected chi connectivity index (χ1v) is 6.99. The number of carbonyl (C=O) groups is 1. The van der Waals surface area contributed by atoms with Crippen molar-refractivity contribution in [2.75, 3.05) is 12.9 Å². The van der Waals surface area contributed by atoms with Gasteiger partial charge in [-0.25, -0.2) is 4.98 Å². The second-order valence-corrected chi connectivity index (χ2v) is 5.85. The Balaban J connectivity index is 2.14. The molecule has 90 valence electrons. The first kappa shape index (κ1) is 13.8. The van der Waals surface area contributed by atoms with Gasteiger partial charge in [0.25, 0.3) is 0 Å². The molecule has 0 radical (unpaired) electrons. The third-order valence-electron chi connectivity index (χ3n) is 1.85. The smallest absolute Gasteiger partial charge is 0.322 e. The number of nitrogens with zero attached hydrogens (tertiary/aromatic N) is 1. The number of esters is 1. The lowest BCUT2D eigenvalue weighted by atomic mass is 10.2. The van der Waals surface area contributed by atoms with Gasteiger partial charge in [-0.1, -0.05) is 11.6 Å². The van der Waals surface area contributed by atoms with Crippen LogP contribution in [0, 0.1) is 0 Å². The molecule has 0 aromatic carbocycles. The van der Waals surface area contributed by atoms with Crippen LogP contribution < -0.4 is 5.73 Å². The Bertz CT molecular complexity index is 346. The molecule has 0 aliphatic heterocycles. The highest BCUT2D eigenvalue weighted by Crippen LogP contribution is 2.22. The summed E-state index contributed by atoms with van der Waals surface area (Å²) in [7, 11) is 1.34. The van der Waals surface area contributed by atoms with E-state index >= 15 is 0 Å². The molecule has 1 heterocycles. The summed E-state index contributed by atoms with van der Waals surface area (Å²) in [5.74, 6) is 1.30. The maximum absolute atomic E-state index is 11.0. The number of hydrogen-bond donors (Lipinski definition) is 1. The van der Waals surface area contributed by atoms with Crippen molar-refractivity contribution >= 4 is 40.7 Å². The number of thiazole rings is 1. The molecular formula is C9H13ClN2O2S2. The summed E-state index contributed by atoms with van der Waals surface area (Å²) in [6.45, 7) is 0. The fourth-order valence-electron chi connectivity index (χ4n) is 1.00. The molecule has 4 nitrogen and oxygen atoms in total. The SMILES string of the molecule is COC(=O)C(N)CCSCc1cnc(Cl)s1. The van der Waals surface area contributed by atoms with E-state index in [1.807, 2.05) is 0 Å². The fourth-order valence-corrected chi connectivity index (χ4v) is 3.10. The zero-order chi connectivity index (χ0) is 12.0. The maximum Gasteiger partial charge on any atom is 0.322 e. The monoisotopic (exact) mass is 280 g/mol. The summed E-state index contributed by atoms with van der Waals surface area (Å²) in [5.41, 5.74) is 5.59. The van der Waals surface area contributed by atoms with Gasteiger partial charge in [-0.2, -0.15) is 11.8 Å². The minimum atomic E-state index is -0.525. The van der Waals surface area contributed by atoms with E-state index in [2.05, 4.69) is 9.72 Å². The van der Waals surface area contributed by atoms with Crippen molar-refractivity contribution in [3.63, 3.8) is 0 Å². The van der Waals surface area contributed by atoms with Crippen molar-refractivity contribution in [3.05, 3.63) is 15.5 Å². The molecule has 1 aromatic heterocycles. The number of ether oxygens (including phenoxy) is 1. The molecule has 0 aliphatic carbocycles. The largest absolute Gasteiger partial charge is 0.468 e. The Labute approximate surface area is 108 Å². The minimum absolute atomic E-state index is 0.360. The lowest BCUT2D eigenvalue weighted by molar-refractivity contribution is -0.142. The number of halogens is 1. The van der Waals surface area contributed by atoms with Crippen LogP contribution in [0.2, 0.25) is 4.47 Å². The van der Waals surface area contributed by atoms with Crippen LogP contribution in [0.1, 0.15) is 11.3 Å². The minimum Gasteiger partial charge on any atom is -0.468 e. The van der Waals surface area contributed by atoms with Gasteiger partial charge in [-0.3, -0.25) is 4.79 Å². The van der Waals surface area contributed by atoms with Gasteiger partial charge in [-0.05, 0) is 12.2 Å². The lowest BCUT2D eigenvalue weighted by Gasteiger charge is -2.07. The summed E-state index contributed by atoms with van der Waals surface area (Å²) >= 11 is 8.87. The van der Waals surface area contributed by atoms with Crippen molar-refractivity contribution in [1.82, 2.24) is 4.98 Å². The molecule has 1 rings (SSSR count). The molecular weight excluding hydrogens is 268 g/mol. The molecule has 16 heavy (non-hydrogen) atoms. The van der Waals surface area contributed by atoms with Crippen LogP contribution in [0.3, 0.4) is 0 Å². The number of carbonyl (C=O) groups excluding carboxylic acids is 1. The number of thioether (sulfide) groups is 1. The van der Waals surface area contributed by atoms with Crippen molar-refractivity contribution in [2.24, 2.45) is 5.73 Å². The average molecular weight is 281 g/mol. The molecule has 1 atom stereocenters. The third kappa shape index (κ3) is 4.69. The van der Waals surface area contributed by atoms with E-state index in [1.165, 1.54) is 18.4 Å². The summed E-state index contributed by atoms with van der Waals surface area (Å²) < 4.78 is 5.09. The molecule has 0 aliphatic rings. The molecule has 0 fully saturated rings. The predicted molar refractivity (Wildman–Crippen MR) is 67.9 cm³/mol. The summed E-state index contributed by atoms with van der Waals surface area (Å²) in [6, 6.07) is -0.525. The number of rotatable bonds is 6. The third-order valence-corrected chi connectivity index (χ3v) is 4.18. The standard InChI is InChI=1S/C9H13ClN2O2S2/c1-14-8(13)7(11)2-3-15-5-6-4-12-9(10)16-6/h4,7H,2-3,5,11H2,1H3. The van der Waals surface area contributed by atoms with Gasteiger partial charge < -0.3 is 10.5 Å². The zero-order valence-electron chi connectivity index (χ0n) is 8.81. The molecule has 0 amide bonds. The van der Waals surface area contributed by atoms with E-state index < -0.39 is 6.04 Å². The molecule has 0 bridgehead atoms. The normalized spacial score (nSPS) is 12.4. The number of nitrogens with two attached hydrogens (primary N) is 1. The summed E-state index contributed by atoms with van der Waals surface area (Å²) in [5, 5.41) is 0. The van der Waals surface area contributed by atoms with E-state index in [1.54, 1.807) is 18.0 Å². The first-order valence-electron chi connectivity index (χ1n) is 4.65. The van der Waals surface area contributed by atoms with E-state index in [0.29, 0.717) is 10.9 Å². The van der Waals surface area contributed by atoms with Crippen molar-refractivity contribution in [1.29, 1.82) is 0 Å². The van der Waals surface area contributed by atoms with E-state index in [0.717, 1.165) is 16.4 Å². The van der Waals surface area contributed by atoms with E-state index in [-0.39, 0.29) is 5.97 Å². The molecule has 7 heteroatoms. The predicted octanol–water partition coefficient (Wildman–Crippen LogP) is 1.92. The highest BCUT2D eigenvalue weighted by Gasteiger charge is 2.12. The van der Waals surface area contributed by atoms with Crippen LogP contribution in [-0.4, -0.2) is 29.9 Å². The zero-order valence-corrected chi connectivity index (χ0v) is 11.2.